The highest BCUT2D eigenvalue weighted by molar-refractivity contribution is 7.12. The molecule has 0 amide bonds. The maximum atomic E-state index is 11.6. The summed E-state index contributed by atoms with van der Waals surface area (Å²) in [6.45, 7) is 5.00. The quantitative estimate of drug-likeness (QED) is 0.437. The lowest BCUT2D eigenvalue weighted by molar-refractivity contribution is -0.222. The summed E-state index contributed by atoms with van der Waals surface area (Å²) in [5, 5.41) is 0. The summed E-state index contributed by atoms with van der Waals surface area (Å²) in [5.74, 6) is -2.47. The van der Waals surface area contributed by atoms with Gasteiger partial charge in [-0.2, -0.15) is 0 Å². The molecule has 90 valence electrons. The molecule has 0 atom stereocenters. The summed E-state index contributed by atoms with van der Waals surface area (Å²) < 4.78 is 9.98. The lowest BCUT2D eigenvalue weighted by Crippen LogP contribution is -2.41. The van der Waals surface area contributed by atoms with Crippen LogP contribution in [0.25, 0.3) is 6.08 Å². The number of aryl methyl sites for hydroxylation is 1. The van der Waals surface area contributed by atoms with Gasteiger partial charge in [0.1, 0.15) is 5.57 Å². The lowest BCUT2D eigenvalue weighted by Gasteiger charge is -2.29. The van der Waals surface area contributed by atoms with Gasteiger partial charge in [0.25, 0.3) is 5.79 Å². The number of carbonyl (C=O) groups excluding carboxylic acids is 2. The number of hydrogen-bond acceptors (Lipinski definition) is 5. The molecule has 1 aromatic rings. The van der Waals surface area contributed by atoms with Crippen molar-refractivity contribution in [2.75, 3.05) is 0 Å². The summed E-state index contributed by atoms with van der Waals surface area (Å²) in [6, 6.07) is 3.76. The second kappa shape index (κ2) is 4.00. The Bertz CT molecular complexity index is 488. The van der Waals surface area contributed by atoms with Crippen LogP contribution in [0.4, 0.5) is 0 Å². The van der Waals surface area contributed by atoms with E-state index < -0.39 is 17.7 Å². The SMILES string of the molecule is Cc1ccc(C=C2C(=O)OC(C)(C)OC2=O)s1. The van der Waals surface area contributed by atoms with Crippen LogP contribution in [0.3, 0.4) is 0 Å². The van der Waals surface area contributed by atoms with Gasteiger partial charge in [0.15, 0.2) is 0 Å². The lowest BCUT2D eigenvalue weighted by atomic mass is 10.2. The van der Waals surface area contributed by atoms with Crippen molar-refractivity contribution in [2.24, 2.45) is 0 Å². The Hall–Kier alpha value is -1.62. The van der Waals surface area contributed by atoms with Crippen LogP contribution in [-0.4, -0.2) is 17.7 Å². The molecule has 2 rings (SSSR count). The third kappa shape index (κ3) is 2.55. The minimum absolute atomic E-state index is 0.0637. The normalized spacial score (nSPS) is 18.6. The Morgan fingerprint density at radius 2 is 1.76 bits per heavy atom. The fourth-order valence-electron chi connectivity index (χ4n) is 1.45. The van der Waals surface area contributed by atoms with Crippen LogP contribution in [0, 0.1) is 6.92 Å². The van der Waals surface area contributed by atoms with Gasteiger partial charge < -0.3 is 9.47 Å². The third-order valence-corrected chi connectivity index (χ3v) is 3.11. The molecule has 1 saturated heterocycles. The second-order valence-corrected chi connectivity index (χ2v) is 5.50. The van der Waals surface area contributed by atoms with Gasteiger partial charge >= 0.3 is 11.9 Å². The molecular weight excluding hydrogens is 240 g/mol. The molecule has 0 spiro atoms. The number of thiophene rings is 1. The van der Waals surface area contributed by atoms with Crippen LogP contribution in [0.15, 0.2) is 17.7 Å². The Balaban J connectivity index is 2.30. The van der Waals surface area contributed by atoms with Crippen molar-refractivity contribution in [3.05, 3.63) is 27.5 Å². The first kappa shape index (κ1) is 11.9. The summed E-state index contributed by atoms with van der Waals surface area (Å²) >= 11 is 1.49. The highest BCUT2D eigenvalue weighted by atomic mass is 32.1. The van der Waals surface area contributed by atoms with Crippen molar-refractivity contribution < 1.29 is 19.1 Å². The highest BCUT2D eigenvalue weighted by Crippen LogP contribution is 2.26. The maximum Gasteiger partial charge on any atom is 0.348 e. The standard InChI is InChI=1S/C12H12O4S/c1-7-4-5-8(17-7)6-9-10(13)15-12(2,3)16-11(9)14/h4-6H,1-3H3. The van der Waals surface area contributed by atoms with E-state index in [1.807, 2.05) is 19.1 Å². The van der Waals surface area contributed by atoms with E-state index in [1.165, 1.54) is 31.3 Å². The van der Waals surface area contributed by atoms with E-state index in [4.69, 9.17) is 9.47 Å². The van der Waals surface area contributed by atoms with Gasteiger partial charge in [-0.15, -0.1) is 11.3 Å². The summed E-state index contributed by atoms with van der Waals surface area (Å²) in [7, 11) is 0. The summed E-state index contributed by atoms with van der Waals surface area (Å²) in [4.78, 5) is 25.2. The zero-order chi connectivity index (χ0) is 12.6. The first-order chi connectivity index (χ1) is 7.87. The van der Waals surface area contributed by atoms with Crippen molar-refractivity contribution in [2.45, 2.75) is 26.6 Å². The molecule has 1 fully saturated rings. The molecule has 0 radical (unpaired) electrons. The summed E-state index contributed by atoms with van der Waals surface area (Å²) in [5.41, 5.74) is -0.0637. The number of carbonyl (C=O) groups is 2. The van der Waals surface area contributed by atoms with Gasteiger partial charge in [0, 0.05) is 23.6 Å². The molecule has 0 saturated carbocycles. The van der Waals surface area contributed by atoms with Gasteiger partial charge in [-0.1, -0.05) is 0 Å². The molecule has 2 heterocycles. The molecule has 1 aromatic heterocycles. The molecule has 1 aliphatic heterocycles. The third-order valence-electron chi connectivity index (χ3n) is 2.16. The fraction of sp³-hybridized carbons (Fsp3) is 0.333. The maximum absolute atomic E-state index is 11.6. The Morgan fingerprint density at radius 3 is 2.24 bits per heavy atom. The van der Waals surface area contributed by atoms with Crippen molar-refractivity contribution in [1.82, 2.24) is 0 Å². The molecule has 5 heteroatoms. The zero-order valence-corrected chi connectivity index (χ0v) is 10.6. The first-order valence-electron chi connectivity index (χ1n) is 5.12. The predicted octanol–water partition coefficient (Wildman–Crippen LogP) is 2.28. The van der Waals surface area contributed by atoms with Crippen molar-refractivity contribution in [3.8, 4) is 0 Å². The molecule has 0 bridgehead atoms. The van der Waals surface area contributed by atoms with Crippen LogP contribution in [-0.2, 0) is 19.1 Å². The molecule has 0 aromatic carbocycles. The first-order valence-corrected chi connectivity index (χ1v) is 5.94. The Morgan fingerprint density at radius 1 is 1.18 bits per heavy atom. The van der Waals surface area contributed by atoms with Crippen molar-refractivity contribution in [3.63, 3.8) is 0 Å². The van der Waals surface area contributed by atoms with Crippen molar-refractivity contribution >= 4 is 29.4 Å². The minimum atomic E-state index is -1.18. The average molecular weight is 252 g/mol. The topological polar surface area (TPSA) is 52.6 Å². The van der Waals surface area contributed by atoms with Crippen LogP contribution >= 0.6 is 11.3 Å². The number of cyclic esters (lactones) is 2. The van der Waals surface area contributed by atoms with Gasteiger partial charge in [0.05, 0.1) is 0 Å². The molecule has 0 aliphatic carbocycles. The van der Waals surface area contributed by atoms with Gasteiger partial charge in [0.2, 0.25) is 0 Å². The van der Waals surface area contributed by atoms with E-state index >= 15 is 0 Å². The van der Waals surface area contributed by atoms with Crippen LogP contribution in [0.2, 0.25) is 0 Å². The van der Waals surface area contributed by atoms with E-state index in [-0.39, 0.29) is 5.57 Å². The molecule has 17 heavy (non-hydrogen) atoms. The molecule has 0 N–H and O–H groups in total. The average Bonchev–Trinajstić information content (AvgIpc) is 2.56. The van der Waals surface area contributed by atoms with Crippen LogP contribution in [0.5, 0.6) is 0 Å². The number of ether oxygens (including phenoxy) is 2. The van der Waals surface area contributed by atoms with E-state index in [0.29, 0.717) is 0 Å². The van der Waals surface area contributed by atoms with E-state index in [2.05, 4.69) is 0 Å². The van der Waals surface area contributed by atoms with Crippen LogP contribution in [0.1, 0.15) is 23.6 Å². The smallest absolute Gasteiger partial charge is 0.348 e. The second-order valence-electron chi connectivity index (χ2n) is 4.19. The van der Waals surface area contributed by atoms with Gasteiger partial charge in [-0.3, -0.25) is 0 Å². The van der Waals surface area contributed by atoms with Crippen molar-refractivity contribution in [1.29, 1.82) is 0 Å². The highest BCUT2D eigenvalue weighted by Gasteiger charge is 2.38. The minimum Gasteiger partial charge on any atom is -0.419 e. The molecular formula is C12H12O4S. The number of hydrogen-bond donors (Lipinski definition) is 0. The predicted molar refractivity (Wildman–Crippen MR) is 63.3 cm³/mol. The van der Waals surface area contributed by atoms with E-state index in [9.17, 15) is 9.59 Å². The Labute approximate surface area is 103 Å². The molecule has 0 unspecified atom stereocenters. The summed E-state index contributed by atoms with van der Waals surface area (Å²) in [6.07, 6.45) is 1.50. The number of rotatable bonds is 1. The van der Waals surface area contributed by atoms with Crippen LogP contribution < -0.4 is 0 Å². The molecule has 1 aliphatic rings. The van der Waals surface area contributed by atoms with E-state index in [0.717, 1.165) is 9.75 Å². The molecule has 4 nitrogen and oxygen atoms in total. The number of esters is 2. The fourth-order valence-corrected chi connectivity index (χ4v) is 2.27. The zero-order valence-electron chi connectivity index (χ0n) is 9.77. The van der Waals surface area contributed by atoms with Gasteiger partial charge in [-0.05, 0) is 25.1 Å². The largest absolute Gasteiger partial charge is 0.419 e. The Kier molecular flexibility index (Phi) is 2.79. The van der Waals surface area contributed by atoms with Gasteiger partial charge in [-0.25, -0.2) is 9.59 Å². The monoisotopic (exact) mass is 252 g/mol. The van der Waals surface area contributed by atoms with E-state index in [1.54, 1.807) is 0 Å².